The molecule has 0 bridgehead atoms. The highest BCUT2D eigenvalue weighted by Crippen LogP contribution is 2.20. The van der Waals surface area contributed by atoms with Crippen LogP contribution in [-0.4, -0.2) is 30.5 Å². The molecule has 2 heterocycles. The minimum Gasteiger partial charge on any atom is -0.352 e. The van der Waals surface area contributed by atoms with E-state index >= 15 is 0 Å². The second-order valence-electron chi connectivity index (χ2n) is 6.25. The number of benzene rings is 1. The topological polar surface area (TPSA) is 54.0 Å². The number of hydrogen-bond acceptors (Lipinski definition) is 3. The largest absolute Gasteiger partial charge is 0.352 e. The summed E-state index contributed by atoms with van der Waals surface area (Å²) in [7, 11) is 0. The summed E-state index contributed by atoms with van der Waals surface area (Å²) < 4.78 is 0. The molecule has 1 aliphatic heterocycles. The number of nitrogens with zero attached hydrogens (tertiary/aromatic N) is 1. The zero-order valence-corrected chi connectivity index (χ0v) is 16.0. The Morgan fingerprint density at radius 1 is 1.20 bits per heavy atom. The van der Waals surface area contributed by atoms with E-state index in [2.05, 4.69) is 46.8 Å². The molecule has 1 aliphatic rings. The fourth-order valence-electron chi connectivity index (χ4n) is 2.91. The molecule has 1 aromatic heterocycles. The van der Waals surface area contributed by atoms with Gasteiger partial charge in [-0.15, -0.1) is 24.8 Å². The number of carbonyl (C=O) groups excluding carboxylic acids is 1. The highest BCUT2D eigenvalue weighted by atomic mass is 35.5. The average molecular weight is 382 g/mol. The van der Waals surface area contributed by atoms with Crippen molar-refractivity contribution in [3.05, 3.63) is 53.9 Å². The molecule has 3 rings (SSSR count). The SMILES string of the molecule is Cc1ccc(-c2cncc(C(=O)NCC3CCCNC3)c2)cc1.Cl.Cl. The Morgan fingerprint density at radius 3 is 2.64 bits per heavy atom. The van der Waals surface area contributed by atoms with Gasteiger partial charge in [0.15, 0.2) is 0 Å². The number of carbonyl (C=O) groups is 1. The lowest BCUT2D eigenvalue weighted by Crippen LogP contribution is -2.38. The normalized spacial score (nSPS) is 16.3. The first-order valence-electron chi connectivity index (χ1n) is 8.23. The van der Waals surface area contributed by atoms with Gasteiger partial charge in [0, 0.05) is 24.5 Å². The standard InChI is InChI=1S/C19H23N3O.2ClH/c1-14-4-6-16(7-5-14)17-9-18(13-21-12-17)19(23)22-11-15-3-2-8-20-10-15;;/h4-7,9,12-13,15,20H,2-3,8,10-11H2,1H3,(H,22,23);2*1H. The lowest BCUT2D eigenvalue weighted by atomic mass is 9.99. The fourth-order valence-corrected chi connectivity index (χ4v) is 2.91. The van der Waals surface area contributed by atoms with Crippen molar-refractivity contribution in [1.82, 2.24) is 15.6 Å². The summed E-state index contributed by atoms with van der Waals surface area (Å²) in [6.07, 6.45) is 5.79. The molecule has 6 heteroatoms. The smallest absolute Gasteiger partial charge is 0.252 e. The van der Waals surface area contributed by atoms with Crippen LogP contribution in [0.25, 0.3) is 11.1 Å². The van der Waals surface area contributed by atoms with Crippen molar-refractivity contribution in [2.24, 2.45) is 5.92 Å². The molecule has 0 saturated carbocycles. The van der Waals surface area contributed by atoms with Crippen LogP contribution in [-0.2, 0) is 0 Å². The number of piperidine rings is 1. The monoisotopic (exact) mass is 381 g/mol. The van der Waals surface area contributed by atoms with Crippen LogP contribution in [0.1, 0.15) is 28.8 Å². The van der Waals surface area contributed by atoms with Gasteiger partial charge in [-0.3, -0.25) is 9.78 Å². The minimum atomic E-state index is -0.0444. The number of hydrogen-bond donors (Lipinski definition) is 2. The Labute approximate surface area is 161 Å². The Kier molecular flexibility index (Phi) is 8.90. The summed E-state index contributed by atoms with van der Waals surface area (Å²) in [5, 5.41) is 6.41. The van der Waals surface area contributed by atoms with Crippen LogP contribution >= 0.6 is 24.8 Å². The maximum atomic E-state index is 12.4. The van der Waals surface area contributed by atoms with E-state index in [1.165, 1.54) is 18.4 Å². The van der Waals surface area contributed by atoms with Crippen molar-refractivity contribution in [3.8, 4) is 11.1 Å². The maximum absolute atomic E-state index is 12.4. The molecule has 0 spiro atoms. The first-order valence-corrected chi connectivity index (χ1v) is 8.23. The average Bonchev–Trinajstić information content (AvgIpc) is 2.61. The van der Waals surface area contributed by atoms with E-state index in [1.54, 1.807) is 12.4 Å². The molecule has 2 aromatic rings. The van der Waals surface area contributed by atoms with E-state index in [-0.39, 0.29) is 30.7 Å². The van der Waals surface area contributed by atoms with E-state index in [0.717, 1.165) is 30.8 Å². The number of rotatable bonds is 4. The van der Waals surface area contributed by atoms with Crippen molar-refractivity contribution in [2.75, 3.05) is 19.6 Å². The van der Waals surface area contributed by atoms with Crippen LogP contribution in [0.3, 0.4) is 0 Å². The van der Waals surface area contributed by atoms with Gasteiger partial charge in [0.25, 0.3) is 5.91 Å². The molecule has 4 nitrogen and oxygen atoms in total. The molecule has 1 amide bonds. The minimum absolute atomic E-state index is 0. The van der Waals surface area contributed by atoms with Crippen LogP contribution in [0.4, 0.5) is 0 Å². The number of nitrogens with one attached hydrogen (secondary N) is 2. The summed E-state index contributed by atoms with van der Waals surface area (Å²) in [5.41, 5.74) is 3.88. The Morgan fingerprint density at radius 2 is 1.96 bits per heavy atom. The van der Waals surface area contributed by atoms with Crippen LogP contribution in [0.15, 0.2) is 42.7 Å². The van der Waals surface area contributed by atoms with Gasteiger partial charge in [-0.1, -0.05) is 29.8 Å². The van der Waals surface area contributed by atoms with Gasteiger partial charge in [0.1, 0.15) is 0 Å². The molecule has 1 saturated heterocycles. The fraction of sp³-hybridized carbons (Fsp3) is 0.368. The molecule has 1 atom stereocenters. The van der Waals surface area contributed by atoms with Crippen molar-refractivity contribution in [2.45, 2.75) is 19.8 Å². The molecule has 1 aromatic carbocycles. The van der Waals surface area contributed by atoms with E-state index in [0.29, 0.717) is 11.5 Å². The summed E-state index contributed by atoms with van der Waals surface area (Å²) >= 11 is 0. The van der Waals surface area contributed by atoms with Crippen molar-refractivity contribution >= 4 is 30.7 Å². The third kappa shape index (κ3) is 5.99. The van der Waals surface area contributed by atoms with Crippen LogP contribution < -0.4 is 10.6 Å². The van der Waals surface area contributed by atoms with Gasteiger partial charge in [-0.05, 0) is 50.4 Å². The molecule has 136 valence electrons. The zero-order chi connectivity index (χ0) is 16.1. The number of aryl methyl sites for hydroxylation is 1. The van der Waals surface area contributed by atoms with Crippen molar-refractivity contribution in [1.29, 1.82) is 0 Å². The van der Waals surface area contributed by atoms with E-state index in [4.69, 9.17) is 0 Å². The van der Waals surface area contributed by atoms with Gasteiger partial charge in [0.2, 0.25) is 0 Å². The molecule has 1 unspecified atom stereocenters. The second kappa shape index (κ2) is 10.4. The zero-order valence-electron chi connectivity index (χ0n) is 14.3. The Hall–Kier alpha value is -1.62. The molecular weight excluding hydrogens is 357 g/mol. The van der Waals surface area contributed by atoms with Crippen LogP contribution in [0.2, 0.25) is 0 Å². The van der Waals surface area contributed by atoms with Gasteiger partial charge in [-0.2, -0.15) is 0 Å². The number of pyridine rings is 1. The third-order valence-corrected chi connectivity index (χ3v) is 4.34. The lowest BCUT2D eigenvalue weighted by Gasteiger charge is -2.22. The van der Waals surface area contributed by atoms with Gasteiger partial charge < -0.3 is 10.6 Å². The summed E-state index contributed by atoms with van der Waals surface area (Å²) in [5.74, 6) is 0.484. The number of halogens is 2. The molecular formula is C19H25Cl2N3O. The summed E-state index contributed by atoms with van der Waals surface area (Å²) in [4.78, 5) is 16.6. The lowest BCUT2D eigenvalue weighted by molar-refractivity contribution is 0.0944. The third-order valence-electron chi connectivity index (χ3n) is 4.34. The highest BCUT2D eigenvalue weighted by molar-refractivity contribution is 5.95. The van der Waals surface area contributed by atoms with Crippen molar-refractivity contribution in [3.63, 3.8) is 0 Å². The Balaban J connectivity index is 0.00000156. The Bertz CT molecular complexity index is 671. The van der Waals surface area contributed by atoms with E-state index in [9.17, 15) is 4.79 Å². The highest BCUT2D eigenvalue weighted by Gasteiger charge is 2.15. The predicted molar refractivity (Wildman–Crippen MR) is 107 cm³/mol. The van der Waals surface area contributed by atoms with E-state index in [1.807, 2.05) is 6.07 Å². The quantitative estimate of drug-likeness (QED) is 0.849. The van der Waals surface area contributed by atoms with Gasteiger partial charge >= 0.3 is 0 Å². The van der Waals surface area contributed by atoms with Gasteiger partial charge in [0.05, 0.1) is 5.56 Å². The van der Waals surface area contributed by atoms with Crippen molar-refractivity contribution < 1.29 is 4.79 Å². The molecule has 2 N–H and O–H groups in total. The number of aromatic nitrogens is 1. The first-order chi connectivity index (χ1) is 11.2. The summed E-state index contributed by atoms with van der Waals surface area (Å²) in [6.45, 7) is 4.86. The second-order valence-corrected chi connectivity index (χ2v) is 6.25. The number of amides is 1. The predicted octanol–water partition coefficient (Wildman–Crippen LogP) is 3.63. The maximum Gasteiger partial charge on any atom is 0.252 e. The molecule has 1 fully saturated rings. The van der Waals surface area contributed by atoms with E-state index < -0.39 is 0 Å². The first kappa shape index (κ1) is 21.4. The van der Waals surface area contributed by atoms with Crippen LogP contribution in [0, 0.1) is 12.8 Å². The van der Waals surface area contributed by atoms with Crippen LogP contribution in [0.5, 0.6) is 0 Å². The molecule has 25 heavy (non-hydrogen) atoms. The molecule has 0 radical (unpaired) electrons. The summed E-state index contributed by atoms with van der Waals surface area (Å²) in [6, 6.07) is 10.2. The molecule has 0 aliphatic carbocycles. The van der Waals surface area contributed by atoms with Gasteiger partial charge in [-0.25, -0.2) is 0 Å².